The third-order valence-electron chi connectivity index (χ3n) is 11.2. The molecule has 2 saturated carbocycles. The predicted molar refractivity (Wildman–Crippen MR) is 143 cm³/mol. The van der Waals surface area contributed by atoms with E-state index in [1.807, 2.05) is 0 Å². The second-order valence-electron chi connectivity index (χ2n) is 13.6. The Kier molecular flexibility index (Phi) is 6.95. The fourth-order valence-corrected chi connectivity index (χ4v) is 15.2. The molecule has 0 aromatic heterocycles. The topological polar surface area (TPSA) is 29.5 Å². The van der Waals surface area contributed by atoms with E-state index in [1.165, 1.54) is 32.1 Å². The summed E-state index contributed by atoms with van der Waals surface area (Å²) in [6.07, 6.45) is 13.5. The van der Waals surface area contributed by atoms with E-state index in [-0.39, 0.29) is 12.2 Å². The van der Waals surface area contributed by atoms with Crippen LogP contribution in [-0.4, -0.2) is 25.6 Å². The molecule has 4 aliphatic rings. The fourth-order valence-electron chi connectivity index (χ4n) is 9.65. The van der Waals surface area contributed by atoms with E-state index in [0.717, 1.165) is 30.6 Å². The number of hydrogen-bond acceptors (Lipinski definition) is 2. The van der Waals surface area contributed by atoms with Gasteiger partial charge in [0.25, 0.3) is 0 Å². The highest BCUT2D eigenvalue weighted by Gasteiger charge is 2.58. The molecule has 0 aliphatic heterocycles. The predicted octanol–water partition coefficient (Wildman–Crippen LogP) is 8.43. The molecule has 0 amide bonds. The van der Waals surface area contributed by atoms with Gasteiger partial charge in [0.2, 0.25) is 8.32 Å². The van der Waals surface area contributed by atoms with Crippen LogP contribution in [0.4, 0.5) is 0 Å². The van der Waals surface area contributed by atoms with Crippen molar-refractivity contribution in [3.63, 3.8) is 0 Å². The van der Waals surface area contributed by atoms with Crippen LogP contribution >= 0.6 is 0 Å². The molecule has 7 atom stereocenters. The van der Waals surface area contributed by atoms with E-state index in [9.17, 15) is 5.11 Å². The van der Waals surface area contributed by atoms with Crippen molar-refractivity contribution in [3.8, 4) is 0 Å². The molecular formula is C30H52O2Si. The first-order chi connectivity index (χ1) is 15.4. The van der Waals surface area contributed by atoms with Gasteiger partial charge in [-0.05, 0) is 103 Å². The lowest BCUT2D eigenvalue weighted by molar-refractivity contribution is -0.0336. The van der Waals surface area contributed by atoms with Gasteiger partial charge in [0.1, 0.15) is 0 Å². The minimum absolute atomic E-state index is 0.111. The summed E-state index contributed by atoms with van der Waals surface area (Å²) in [7, 11) is -1.90. The van der Waals surface area contributed by atoms with Crippen LogP contribution in [0.5, 0.6) is 0 Å². The maximum atomic E-state index is 10.3. The Morgan fingerprint density at radius 2 is 1.45 bits per heavy atom. The number of fused-ring (bicyclic) bond motifs is 5. The van der Waals surface area contributed by atoms with Gasteiger partial charge in [-0.2, -0.15) is 0 Å². The molecule has 0 aromatic rings. The highest BCUT2D eigenvalue weighted by Crippen LogP contribution is 2.65. The van der Waals surface area contributed by atoms with Gasteiger partial charge < -0.3 is 9.53 Å². The zero-order valence-electron chi connectivity index (χ0n) is 23.1. The average Bonchev–Trinajstić information content (AvgIpc) is 3.09. The van der Waals surface area contributed by atoms with Crippen molar-refractivity contribution < 1.29 is 9.53 Å². The Morgan fingerprint density at radius 1 is 0.848 bits per heavy atom. The molecule has 2 fully saturated rings. The van der Waals surface area contributed by atoms with Crippen LogP contribution < -0.4 is 0 Å². The van der Waals surface area contributed by atoms with Crippen LogP contribution in [-0.2, 0) is 4.43 Å². The molecule has 0 radical (unpaired) electrons. The van der Waals surface area contributed by atoms with Gasteiger partial charge in [-0.15, -0.1) is 0 Å². The number of hydrogen-bond donors (Lipinski definition) is 1. The molecule has 4 aliphatic carbocycles. The molecule has 2 nitrogen and oxygen atoms in total. The van der Waals surface area contributed by atoms with Gasteiger partial charge in [0.05, 0.1) is 12.2 Å². The van der Waals surface area contributed by atoms with Crippen molar-refractivity contribution >= 4 is 8.32 Å². The monoisotopic (exact) mass is 472 g/mol. The number of aliphatic hydroxyl groups excluding tert-OH is 1. The number of allylic oxidation sites excluding steroid dienone is 2. The first-order valence-electron chi connectivity index (χ1n) is 14.1. The quantitative estimate of drug-likeness (QED) is 0.310. The molecule has 4 rings (SSSR count). The molecule has 0 bridgehead atoms. The normalized spacial score (nSPS) is 39.8. The van der Waals surface area contributed by atoms with Gasteiger partial charge in [0.15, 0.2) is 0 Å². The van der Waals surface area contributed by atoms with E-state index in [1.54, 1.807) is 11.1 Å². The molecule has 0 heterocycles. The average molecular weight is 473 g/mol. The second-order valence-corrected chi connectivity index (χ2v) is 19.0. The zero-order valence-corrected chi connectivity index (χ0v) is 24.1. The SMILES string of the molecule is CC(C)[Si](O[C@@H](C)C1=CC[C@H]2[C@@H]3CC=C4C[C@@H](O)CC[C@]4(C)[C@H]3CC[C@]12C)(C(C)C)C(C)C. The zero-order chi connectivity index (χ0) is 24.3. The molecule has 0 aromatic carbocycles. The molecule has 0 spiro atoms. The molecule has 1 N–H and O–H groups in total. The molecule has 188 valence electrons. The Labute approximate surface area is 205 Å². The number of rotatable bonds is 6. The van der Waals surface area contributed by atoms with E-state index < -0.39 is 8.32 Å². The van der Waals surface area contributed by atoms with Crippen molar-refractivity contribution in [2.24, 2.45) is 28.6 Å². The summed E-state index contributed by atoms with van der Waals surface area (Å²) in [6, 6.07) is 0. The number of aliphatic hydroxyl groups is 1. The summed E-state index contributed by atoms with van der Waals surface area (Å²) >= 11 is 0. The maximum Gasteiger partial charge on any atom is 0.201 e. The summed E-state index contributed by atoms with van der Waals surface area (Å²) < 4.78 is 7.30. The molecular weight excluding hydrogens is 420 g/mol. The highest BCUT2D eigenvalue weighted by atomic mass is 28.4. The lowest BCUT2D eigenvalue weighted by Crippen LogP contribution is -2.52. The third kappa shape index (κ3) is 3.87. The van der Waals surface area contributed by atoms with E-state index in [2.05, 4.69) is 74.5 Å². The minimum Gasteiger partial charge on any atom is -0.410 e. The molecule has 3 heteroatoms. The van der Waals surface area contributed by atoms with Crippen LogP contribution in [0.3, 0.4) is 0 Å². The molecule has 0 saturated heterocycles. The van der Waals surface area contributed by atoms with Crippen LogP contribution in [0.2, 0.25) is 16.6 Å². The summed E-state index contributed by atoms with van der Waals surface area (Å²) in [6.45, 7) is 21.9. The van der Waals surface area contributed by atoms with Gasteiger partial charge in [-0.25, -0.2) is 0 Å². The van der Waals surface area contributed by atoms with Gasteiger partial charge >= 0.3 is 0 Å². The van der Waals surface area contributed by atoms with E-state index >= 15 is 0 Å². The first kappa shape index (κ1) is 25.7. The molecule has 33 heavy (non-hydrogen) atoms. The van der Waals surface area contributed by atoms with Gasteiger partial charge in [-0.3, -0.25) is 0 Å². The van der Waals surface area contributed by atoms with Crippen LogP contribution in [0.1, 0.15) is 107 Å². The minimum atomic E-state index is -1.90. The summed E-state index contributed by atoms with van der Waals surface area (Å²) in [5, 5.41) is 10.3. The summed E-state index contributed by atoms with van der Waals surface area (Å²) in [5.74, 6) is 2.34. The summed E-state index contributed by atoms with van der Waals surface area (Å²) in [5.41, 5.74) is 5.71. The van der Waals surface area contributed by atoms with Crippen molar-refractivity contribution in [1.29, 1.82) is 0 Å². The first-order valence-corrected chi connectivity index (χ1v) is 16.3. The second kappa shape index (κ2) is 8.93. The maximum absolute atomic E-state index is 10.3. The lowest BCUT2D eigenvalue weighted by Gasteiger charge is -2.58. The van der Waals surface area contributed by atoms with Crippen molar-refractivity contribution in [2.75, 3.05) is 0 Å². The Bertz CT molecular complexity index is 773. The fraction of sp³-hybridized carbons (Fsp3) is 0.867. The third-order valence-corrected chi connectivity index (χ3v) is 17.4. The van der Waals surface area contributed by atoms with Crippen molar-refractivity contribution in [2.45, 2.75) is 136 Å². The Hall–Kier alpha value is -0.383. The van der Waals surface area contributed by atoms with Crippen LogP contribution in [0.25, 0.3) is 0 Å². The van der Waals surface area contributed by atoms with Crippen LogP contribution in [0, 0.1) is 28.6 Å². The summed E-state index contributed by atoms with van der Waals surface area (Å²) in [4.78, 5) is 0. The van der Waals surface area contributed by atoms with E-state index in [4.69, 9.17) is 4.43 Å². The van der Waals surface area contributed by atoms with Crippen LogP contribution in [0.15, 0.2) is 23.3 Å². The Balaban J connectivity index is 1.58. The van der Waals surface area contributed by atoms with Crippen molar-refractivity contribution in [3.05, 3.63) is 23.3 Å². The lowest BCUT2D eigenvalue weighted by atomic mass is 9.47. The standard InChI is InChI=1S/C30H52O2Si/c1-19(2)33(20(3)4,21(5)6)32-22(7)26-12-13-27-25-11-10-23-18-24(31)14-16-29(23,8)28(25)15-17-30(26,27)9/h10,12,19-22,24-25,27-28,31H,11,13-18H2,1-9H3/t22-,24-,25-,27-,28-,29-,30+/m0/s1. The van der Waals surface area contributed by atoms with Gasteiger partial charge in [0, 0.05) is 0 Å². The van der Waals surface area contributed by atoms with Crippen molar-refractivity contribution in [1.82, 2.24) is 0 Å². The van der Waals surface area contributed by atoms with E-state index in [0.29, 0.717) is 27.5 Å². The molecule has 0 unspecified atom stereocenters. The highest BCUT2D eigenvalue weighted by molar-refractivity contribution is 6.77. The largest absolute Gasteiger partial charge is 0.410 e. The Morgan fingerprint density at radius 3 is 2.06 bits per heavy atom. The van der Waals surface area contributed by atoms with Gasteiger partial charge in [-0.1, -0.05) is 73.1 Å². The smallest absolute Gasteiger partial charge is 0.201 e.